The third kappa shape index (κ3) is 3.58. The molecule has 2 heteroatoms. The maximum Gasteiger partial charge on any atom is 0.0629 e. The van der Waals surface area contributed by atoms with E-state index in [2.05, 4.69) is 51.1 Å². The molecule has 1 aliphatic heterocycles. The summed E-state index contributed by atoms with van der Waals surface area (Å²) in [6, 6.07) is 11.0. The molecule has 0 bridgehead atoms. The van der Waals surface area contributed by atoms with Crippen LogP contribution >= 0.6 is 0 Å². The van der Waals surface area contributed by atoms with Crippen molar-refractivity contribution < 1.29 is 4.74 Å². The molecule has 2 rings (SSSR count). The number of nitriles is 1. The number of benzene rings is 1. The number of aryl methyl sites for hydroxylation is 1. The fourth-order valence-electron chi connectivity index (χ4n) is 3.09. The predicted molar refractivity (Wildman–Crippen MR) is 76.9 cm³/mol. The zero-order chi connectivity index (χ0) is 13.9. The van der Waals surface area contributed by atoms with Gasteiger partial charge in [0.2, 0.25) is 0 Å². The van der Waals surface area contributed by atoms with Gasteiger partial charge >= 0.3 is 0 Å². The third-order valence-electron chi connectivity index (χ3n) is 4.12. The summed E-state index contributed by atoms with van der Waals surface area (Å²) >= 11 is 0. The first-order chi connectivity index (χ1) is 9.02. The fraction of sp³-hybridized carbons (Fsp3) is 0.588. The Morgan fingerprint density at radius 2 is 2.05 bits per heavy atom. The second-order valence-corrected chi connectivity index (χ2v) is 6.24. The van der Waals surface area contributed by atoms with Crippen LogP contribution < -0.4 is 0 Å². The second kappa shape index (κ2) is 5.75. The maximum atomic E-state index is 9.13. The van der Waals surface area contributed by atoms with Gasteiger partial charge in [-0.1, -0.05) is 29.8 Å². The summed E-state index contributed by atoms with van der Waals surface area (Å²) in [5, 5.41) is 9.13. The highest BCUT2D eigenvalue weighted by Crippen LogP contribution is 2.39. The van der Waals surface area contributed by atoms with Crippen LogP contribution in [0.1, 0.15) is 50.2 Å². The highest BCUT2D eigenvalue weighted by atomic mass is 16.5. The first-order valence-corrected chi connectivity index (χ1v) is 7.09. The van der Waals surface area contributed by atoms with Gasteiger partial charge in [0.15, 0.2) is 0 Å². The predicted octanol–water partition coefficient (Wildman–Crippen LogP) is 4.20. The fourth-order valence-corrected chi connectivity index (χ4v) is 3.09. The largest absolute Gasteiger partial charge is 0.376 e. The van der Waals surface area contributed by atoms with Gasteiger partial charge in [-0.25, -0.2) is 0 Å². The van der Waals surface area contributed by atoms with Gasteiger partial charge in [0.05, 0.1) is 11.7 Å². The van der Waals surface area contributed by atoms with E-state index in [1.807, 2.05) is 0 Å². The minimum atomic E-state index is -0.0542. The van der Waals surface area contributed by atoms with Crippen molar-refractivity contribution in [2.24, 2.45) is 5.92 Å². The normalized spacial score (nSPS) is 23.6. The average Bonchev–Trinajstić information content (AvgIpc) is 2.36. The van der Waals surface area contributed by atoms with E-state index >= 15 is 0 Å². The van der Waals surface area contributed by atoms with Crippen molar-refractivity contribution in [2.75, 3.05) is 6.61 Å². The lowest BCUT2D eigenvalue weighted by molar-refractivity contribution is -0.0766. The van der Waals surface area contributed by atoms with Crippen molar-refractivity contribution >= 4 is 0 Å². The van der Waals surface area contributed by atoms with Gasteiger partial charge in [-0.15, -0.1) is 0 Å². The highest BCUT2D eigenvalue weighted by Gasteiger charge is 2.33. The molecule has 19 heavy (non-hydrogen) atoms. The lowest BCUT2D eigenvalue weighted by Gasteiger charge is -2.39. The molecular weight excluding hydrogens is 234 g/mol. The van der Waals surface area contributed by atoms with E-state index in [9.17, 15) is 0 Å². The molecule has 2 nitrogen and oxygen atoms in total. The zero-order valence-electron chi connectivity index (χ0n) is 12.1. The molecule has 0 spiro atoms. The zero-order valence-corrected chi connectivity index (χ0v) is 12.1. The van der Waals surface area contributed by atoms with Crippen LogP contribution in [0.25, 0.3) is 0 Å². The topological polar surface area (TPSA) is 33.0 Å². The smallest absolute Gasteiger partial charge is 0.0629 e. The number of rotatable bonds is 3. The highest BCUT2D eigenvalue weighted by molar-refractivity contribution is 5.26. The molecular formula is C17H23NO. The van der Waals surface area contributed by atoms with Crippen molar-refractivity contribution in [3.05, 3.63) is 35.4 Å². The minimum Gasteiger partial charge on any atom is -0.376 e. The first kappa shape index (κ1) is 14.1. The van der Waals surface area contributed by atoms with Gasteiger partial charge < -0.3 is 4.74 Å². The van der Waals surface area contributed by atoms with Gasteiger partial charge in [0.25, 0.3) is 0 Å². The van der Waals surface area contributed by atoms with E-state index in [1.54, 1.807) is 0 Å². The summed E-state index contributed by atoms with van der Waals surface area (Å²) in [4.78, 5) is 0. The molecule has 2 atom stereocenters. The summed E-state index contributed by atoms with van der Waals surface area (Å²) in [7, 11) is 0. The summed E-state index contributed by atoms with van der Waals surface area (Å²) in [5.41, 5.74) is 2.52. The van der Waals surface area contributed by atoms with Crippen LogP contribution in [0.15, 0.2) is 24.3 Å². The van der Waals surface area contributed by atoms with Crippen LogP contribution in [0, 0.1) is 24.2 Å². The first-order valence-electron chi connectivity index (χ1n) is 7.09. The third-order valence-corrected chi connectivity index (χ3v) is 4.12. The molecule has 0 saturated carbocycles. The molecule has 0 N–H and O–H groups in total. The van der Waals surface area contributed by atoms with Crippen molar-refractivity contribution in [1.29, 1.82) is 5.26 Å². The Hall–Kier alpha value is -1.33. The Kier molecular flexibility index (Phi) is 4.27. The van der Waals surface area contributed by atoms with E-state index in [0.717, 1.165) is 19.4 Å². The van der Waals surface area contributed by atoms with Gasteiger partial charge in [-0.3, -0.25) is 0 Å². The molecule has 1 aromatic rings. The van der Waals surface area contributed by atoms with E-state index in [1.165, 1.54) is 11.1 Å². The summed E-state index contributed by atoms with van der Waals surface area (Å²) in [5.74, 6) is 0.889. The summed E-state index contributed by atoms with van der Waals surface area (Å²) in [6.45, 7) is 7.21. The molecule has 1 aromatic carbocycles. The molecule has 0 aromatic heterocycles. The second-order valence-electron chi connectivity index (χ2n) is 6.24. The molecule has 1 fully saturated rings. The SMILES string of the molecule is Cc1ccc(C(CC#N)C2CCOC(C)(C)C2)cc1. The Morgan fingerprint density at radius 1 is 1.37 bits per heavy atom. The summed E-state index contributed by atoms with van der Waals surface area (Å²) in [6.07, 6.45) is 2.70. The molecule has 1 aliphatic rings. The monoisotopic (exact) mass is 257 g/mol. The number of nitrogens with zero attached hydrogens (tertiary/aromatic N) is 1. The molecule has 0 aliphatic carbocycles. The Balaban J connectivity index is 2.20. The van der Waals surface area contributed by atoms with Gasteiger partial charge in [0, 0.05) is 13.0 Å². The van der Waals surface area contributed by atoms with Crippen LogP contribution in [0.4, 0.5) is 0 Å². The van der Waals surface area contributed by atoms with Crippen LogP contribution in [0.5, 0.6) is 0 Å². The summed E-state index contributed by atoms with van der Waals surface area (Å²) < 4.78 is 5.80. The molecule has 1 heterocycles. The quantitative estimate of drug-likeness (QED) is 0.813. The van der Waals surface area contributed by atoms with E-state index in [-0.39, 0.29) is 5.60 Å². The van der Waals surface area contributed by atoms with Crippen LogP contribution in [0.2, 0.25) is 0 Å². The number of ether oxygens (including phenoxy) is 1. The molecule has 102 valence electrons. The molecule has 0 radical (unpaired) electrons. The molecule has 0 amide bonds. The minimum absolute atomic E-state index is 0.0542. The average molecular weight is 257 g/mol. The number of hydrogen-bond donors (Lipinski definition) is 0. The van der Waals surface area contributed by atoms with Crippen molar-refractivity contribution in [3.63, 3.8) is 0 Å². The Bertz CT molecular complexity index is 455. The van der Waals surface area contributed by atoms with E-state index in [0.29, 0.717) is 18.3 Å². The van der Waals surface area contributed by atoms with Crippen LogP contribution in [0.3, 0.4) is 0 Å². The standard InChI is InChI=1S/C17H23NO/c1-13-4-6-14(7-5-13)16(8-10-18)15-9-11-19-17(2,3)12-15/h4-7,15-16H,8-9,11-12H2,1-3H3. The van der Waals surface area contributed by atoms with Crippen LogP contribution in [-0.4, -0.2) is 12.2 Å². The van der Waals surface area contributed by atoms with Crippen molar-refractivity contribution in [3.8, 4) is 6.07 Å². The number of hydrogen-bond acceptors (Lipinski definition) is 2. The van der Waals surface area contributed by atoms with Gasteiger partial charge in [0.1, 0.15) is 0 Å². The van der Waals surface area contributed by atoms with E-state index < -0.39 is 0 Å². The molecule has 1 saturated heterocycles. The molecule has 2 unspecified atom stereocenters. The Labute approximate surface area is 116 Å². The maximum absolute atomic E-state index is 9.13. The van der Waals surface area contributed by atoms with E-state index in [4.69, 9.17) is 10.00 Å². The Morgan fingerprint density at radius 3 is 2.63 bits per heavy atom. The lowest BCUT2D eigenvalue weighted by Crippen LogP contribution is -2.36. The van der Waals surface area contributed by atoms with Crippen molar-refractivity contribution in [1.82, 2.24) is 0 Å². The van der Waals surface area contributed by atoms with Crippen LogP contribution in [-0.2, 0) is 4.74 Å². The lowest BCUT2D eigenvalue weighted by atomic mass is 9.75. The van der Waals surface area contributed by atoms with Crippen molar-refractivity contribution in [2.45, 2.75) is 51.6 Å². The van der Waals surface area contributed by atoms with Gasteiger partial charge in [-0.2, -0.15) is 5.26 Å². The van der Waals surface area contributed by atoms with Gasteiger partial charge in [-0.05, 0) is 51.0 Å².